The summed E-state index contributed by atoms with van der Waals surface area (Å²) in [6.07, 6.45) is 1.45. The van der Waals surface area contributed by atoms with Crippen LogP contribution in [0.4, 0.5) is 16.3 Å². The maximum Gasteiger partial charge on any atom is 0.415 e. The second-order valence-electron chi connectivity index (χ2n) is 7.06. The number of rotatable bonds is 5. The minimum Gasteiger partial charge on any atom is -0.447 e. The highest BCUT2D eigenvalue weighted by molar-refractivity contribution is 5.98. The molecule has 27 heavy (non-hydrogen) atoms. The lowest BCUT2D eigenvalue weighted by atomic mass is 9.99. The maximum absolute atomic E-state index is 12.2. The number of aryl methyl sites for hydroxylation is 2. The predicted molar refractivity (Wildman–Crippen MR) is 102 cm³/mol. The Balaban J connectivity index is 1.87. The molecule has 9 heteroatoms. The van der Waals surface area contributed by atoms with Gasteiger partial charge < -0.3 is 10.1 Å². The van der Waals surface area contributed by atoms with Crippen molar-refractivity contribution in [2.75, 3.05) is 23.4 Å². The zero-order valence-corrected chi connectivity index (χ0v) is 15.9. The van der Waals surface area contributed by atoms with Gasteiger partial charge in [0.05, 0.1) is 24.1 Å². The molecule has 0 radical (unpaired) electrons. The Morgan fingerprint density at radius 2 is 2.07 bits per heavy atom. The first-order chi connectivity index (χ1) is 13.0. The number of hydrogen-bond donors (Lipinski definition) is 3. The van der Waals surface area contributed by atoms with E-state index in [0.29, 0.717) is 25.5 Å². The Kier molecular flexibility index (Phi) is 4.21. The van der Waals surface area contributed by atoms with Crippen LogP contribution < -0.4 is 10.2 Å². The maximum atomic E-state index is 12.2. The van der Waals surface area contributed by atoms with Crippen molar-refractivity contribution in [1.82, 2.24) is 25.4 Å². The van der Waals surface area contributed by atoms with E-state index in [9.17, 15) is 4.79 Å². The number of carbonyl (C=O) groups is 1. The van der Waals surface area contributed by atoms with Crippen molar-refractivity contribution < 1.29 is 9.53 Å². The molecule has 4 rings (SSSR count). The summed E-state index contributed by atoms with van der Waals surface area (Å²) in [6, 6.07) is 0. The molecule has 0 spiro atoms. The molecule has 9 nitrogen and oxygen atoms in total. The summed E-state index contributed by atoms with van der Waals surface area (Å²) in [5.41, 5.74) is 6.30. The van der Waals surface area contributed by atoms with E-state index in [1.165, 1.54) is 0 Å². The number of amides is 1. The van der Waals surface area contributed by atoms with Crippen LogP contribution in [0.25, 0.3) is 11.0 Å². The van der Waals surface area contributed by atoms with Gasteiger partial charge in [-0.1, -0.05) is 13.8 Å². The molecule has 0 unspecified atom stereocenters. The highest BCUT2D eigenvalue weighted by Crippen LogP contribution is 2.39. The Bertz CT molecular complexity index is 1000. The Hall–Kier alpha value is -3.10. The first kappa shape index (κ1) is 17.3. The number of anilines is 2. The van der Waals surface area contributed by atoms with Crippen LogP contribution in [0.15, 0.2) is 6.20 Å². The number of aromatic amines is 2. The molecule has 0 aromatic carbocycles. The average molecular weight is 369 g/mol. The fourth-order valence-corrected chi connectivity index (χ4v) is 3.39. The van der Waals surface area contributed by atoms with Crippen molar-refractivity contribution in [2.24, 2.45) is 0 Å². The molecule has 1 saturated heterocycles. The summed E-state index contributed by atoms with van der Waals surface area (Å²) in [7, 11) is 0. The third-order valence-corrected chi connectivity index (χ3v) is 4.86. The summed E-state index contributed by atoms with van der Waals surface area (Å²) in [4.78, 5) is 18.6. The molecule has 0 aliphatic carbocycles. The van der Waals surface area contributed by atoms with E-state index in [4.69, 9.17) is 9.72 Å². The van der Waals surface area contributed by atoms with E-state index in [1.807, 2.05) is 20.0 Å². The van der Waals surface area contributed by atoms with Crippen molar-refractivity contribution in [3.63, 3.8) is 0 Å². The molecular weight excluding hydrogens is 346 g/mol. The fraction of sp³-hybridized carbons (Fsp3) is 0.444. The molecule has 1 aliphatic rings. The number of hydrogen-bond acceptors (Lipinski definition) is 6. The first-order valence-electron chi connectivity index (χ1n) is 9.03. The first-order valence-corrected chi connectivity index (χ1v) is 9.03. The number of aromatic nitrogens is 5. The van der Waals surface area contributed by atoms with Gasteiger partial charge in [0.2, 0.25) is 0 Å². The van der Waals surface area contributed by atoms with Gasteiger partial charge in [-0.2, -0.15) is 10.2 Å². The van der Waals surface area contributed by atoms with Crippen LogP contribution >= 0.6 is 0 Å². The van der Waals surface area contributed by atoms with E-state index in [1.54, 1.807) is 4.90 Å². The lowest BCUT2D eigenvalue weighted by Crippen LogP contribution is -2.26. The van der Waals surface area contributed by atoms with Crippen LogP contribution in [0.3, 0.4) is 0 Å². The van der Waals surface area contributed by atoms with Crippen molar-refractivity contribution in [3.8, 4) is 0 Å². The second-order valence-corrected chi connectivity index (χ2v) is 7.06. The number of nitrogens with one attached hydrogen (secondary N) is 3. The van der Waals surface area contributed by atoms with E-state index in [0.717, 1.165) is 39.2 Å². The number of nitrogens with zero attached hydrogens (tertiary/aromatic N) is 4. The molecule has 3 N–H and O–H groups in total. The molecule has 1 fully saturated rings. The molecular formula is C18H23N7O2. The SMILES string of the molecule is Cc1[nH]ncc1CNc1c(C(C)C)c(N2CCOC2=O)nc2c(C)[nH]nc12. The van der Waals surface area contributed by atoms with Gasteiger partial charge in [-0.15, -0.1) is 0 Å². The van der Waals surface area contributed by atoms with Gasteiger partial charge in [-0.3, -0.25) is 15.1 Å². The third-order valence-electron chi connectivity index (χ3n) is 4.86. The Morgan fingerprint density at radius 1 is 1.26 bits per heavy atom. The van der Waals surface area contributed by atoms with Crippen LogP contribution in [0.2, 0.25) is 0 Å². The molecule has 1 aliphatic heterocycles. The second kappa shape index (κ2) is 6.57. The Labute approximate surface area is 156 Å². The van der Waals surface area contributed by atoms with Gasteiger partial charge in [0, 0.05) is 23.4 Å². The lowest BCUT2D eigenvalue weighted by Gasteiger charge is -2.22. The van der Waals surface area contributed by atoms with Gasteiger partial charge in [-0.25, -0.2) is 9.78 Å². The Morgan fingerprint density at radius 3 is 2.70 bits per heavy atom. The number of H-pyrrole nitrogens is 2. The van der Waals surface area contributed by atoms with Crippen LogP contribution in [-0.2, 0) is 11.3 Å². The molecule has 0 atom stereocenters. The molecule has 3 aromatic heterocycles. The van der Waals surface area contributed by atoms with E-state index >= 15 is 0 Å². The lowest BCUT2D eigenvalue weighted by molar-refractivity contribution is 0.181. The minimum absolute atomic E-state index is 0.134. The predicted octanol–water partition coefficient (Wildman–Crippen LogP) is 2.99. The highest BCUT2D eigenvalue weighted by atomic mass is 16.6. The monoisotopic (exact) mass is 369 g/mol. The topological polar surface area (TPSA) is 112 Å². The quantitative estimate of drug-likeness (QED) is 0.637. The van der Waals surface area contributed by atoms with Crippen LogP contribution in [0.1, 0.15) is 42.3 Å². The molecule has 0 bridgehead atoms. The third kappa shape index (κ3) is 2.88. The average Bonchev–Trinajstić information content (AvgIpc) is 3.33. The van der Waals surface area contributed by atoms with Crippen molar-refractivity contribution in [3.05, 3.63) is 28.7 Å². The van der Waals surface area contributed by atoms with Gasteiger partial charge >= 0.3 is 6.09 Å². The standard InChI is InChI=1S/C18H23N7O2/c1-9(2)13-15(19-7-12-8-20-22-10(12)3)16-14(11(4)23-24-16)21-17(13)25-5-6-27-18(25)26/h8-9H,5-7H2,1-4H3,(H,19,21)(H,20,22)(H,23,24). The number of carbonyl (C=O) groups excluding carboxylic acids is 1. The van der Waals surface area contributed by atoms with Gasteiger partial charge in [0.1, 0.15) is 23.5 Å². The fourth-order valence-electron chi connectivity index (χ4n) is 3.39. The van der Waals surface area contributed by atoms with Crippen molar-refractivity contribution in [1.29, 1.82) is 0 Å². The summed E-state index contributed by atoms with van der Waals surface area (Å²) < 4.78 is 5.14. The van der Waals surface area contributed by atoms with E-state index in [-0.39, 0.29) is 12.0 Å². The molecule has 0 saturated carbocycles. The highest BCUT2D eigenvalue weighted by Gasteiger charge is 2.31. The smallest absolute Gasteiger partial charge is 0.415 e. The van der Waals surface area contributed by atoms with Gasteiger partial charge in [0.15, 0.2) is 0 Å². The zero-order chi connectivity index (χ0) is 19.1. The van der Waals surface area contributed by atoms with Crippen LogP contribution in [0.5, 0.6) is 0 Å². The van der Waals surface area contributed by atoms with Crippen molar-refractivity contribution in [2.45, 2.75) is 40.2 Å². The van der Waals surface area contributed by atoms with E-state index < -0.39 is 0 Å². The summed E-state index contributed by atoms with van der Waals surface area (Å²) in [6.45, 7) is 9.54. The van der Waals surface area contributed by atoms with Crippen molar-refractivity contribution >= 4 is 28.6 Å². The summed E-state index contributed by atoms with van der Waals surface area (Å²) >= 11 is 0. The zero-order valence-electron chi connectivity index (χ0n) is 15.9. The number of fused-ring (bicyclic) bond motifs is 1. The number of cyclic esters (lactones) is 1. The van der Waals surface area contributed by atoms with Crippen LogP contribution in [-0.4, -0.2) is 44.6 Å². The molecule has 4 heterocycles. The van der Waals surface area contributed by atoms with Gasteiger partial charge in [0.25, 0.3) is 0 Å². The minimum atomic E-state index is -0.360. The summed E-state index contributed by atoms with van der Waals surface area (Å²) in [5, 5.41) is 18.0. The largest absolute Gasteiger partial charge is 0.447 e. The number of ether oxygens (including phenoxy) is 1. The summed E-state index contributed by atoms with van der Waals surface area (Å²) in [5.74, 6) is 0.770. The number of pyridine rings is 1. The normalized spacial score (nSPS) is 14.4. The molecule has 1 amide bonds. The molecule has 142 valence electrons. The van der Waals surface area contributed by atoms with Crippen LogP contribution in [0, 0.1) is 13.8 Å². The molecule has 3 aromatic rings. The van der Waals surface area contributed by atoms with Gasteiger partial charge in [-0.05, 0) is 19.8 Å². The van der Waals surface area contributed by atoms with E-state index in [2.05, 4.69) is 39.6 Å².